The number of H-pyrrole nitrogens is 1. The number of carboxylic acid groups (broad SMARTS) is 1. The van der Waals surface area contributed by atoms with Gasteiger partial charge in [-0.2, -0.15) is 5.10 Å². The van der Waals surface area contributed by atoms with E-state index in [9.17, 15) is 22.4 Å². The molecule has 11 nitrogen and oxygen atoms in total. The number of nitrogens with zero attached hydrogens (tertiary/aromatic N) is 2. The van der Waals surface area contributed by atoms with Gasteiger partial charge in [-0.1, -0.05) is 0 Å². The topological polar surface area (TPSA) is 154 Å². The van der Waals surface area contributed by atoms with Crippen LogP contribution in [0, 0.1) is 5.82 Å². The molecule has 4 rings (SSSR count). The number of rotatable bonds is 6. The van der Waals surface area contributed by atoms with Crippen LogP contribution >= 0.6 is 0 Å². The van der Waals surface area contributed by atoms with E-state index in [1.54, 1.807) is 0 Å². The van der Waals surface area contributed by atoms with Crippen molar-refractivity contribution in [1.82, 2.24) is 15.5 Å². The number of ether oxygens (including phenoxy) is 1. The van der Waals surface area contributed by atoms with Gasteiger partial charge >= 0.3 is 6.09 Å². The third-order valence-electron chi connectivity index (χ3n) is 4.79. The Balaban J connectivity index is 1.65. The third-order valence-corrected chi connectivity index (χ3v) is 6.59. The Morgan fingerprint density at radius 2 is 2.00 bits per heavy atom. The highest BCUT2D eigenvalue weighted by atomic mass is 32.2. The molecule has 1 atom stereocenters. The molecule has 4 N–H and O–H groups in total. The second-order valence-electron chi connectivity index (χ2n) is 7.04. The number of carbonyl (C=O) groups excluding carboxylic acids is 1. The summed E-state index contributed by atoms with van der Waals surface area (Å²) in [4.78, 5) is 23.1. The Bertz CT molecular complexity index is 1280. The first-order chi connectivity index (χ1) is 15.7. The highest BCUT2D eigenvalue weighted by Crippen LogP contribution is 2.39. The molecule has 13 heteroatoms. The summed E-state index contributed by atoms with van der Waals surface area (Å²) in [5, 5.41) is 20.0. The second kappa shape index (κ2) is 8.78. The molecule has 0 saturated carbocycles. The SMILES string of the molecule is O=C(O)Nc1ccc2c(c1)N(S(=O)(=O)c1ccc(F)cc1)CC(CNC(=O)c1cn[nH]c1)O2. The molecule has 172 valence electrons. The summed E-state index contributed by atoms with van der Waals surface area (Å²) in [6.45, 7) is -0.205. The zero-order valence-electron chi connectivity index (χ0n) is 16.9. The smallest absolute Gasteiger partial charge is 0.409 e. The van der Waals surface area contributed by atoms with Crippen molar-refractivity contribution in [3.63, 3.8) is 0 Å². The van der Waals surface area contributed by atoms with Crippen LogP contribution in [-0.2, 0) is 10.0 Å². The highest BCUT2D eigenvalue weighted by molar-refractivity contribution is 7.92. The van der Waals surface area contributed by atoms with E-state index in [-0.39, 0.29) is 35.1 Å². The number of sulfonamides is 1. The van der Waals surface area contributed by atoms with E-state index in [2.05, 4.69) is 20.8 Å². The zero-order valence-corrected chi connectivity index (χ0v) is 17.7. The quantitative estimate of drug-likeness (QED) is 0.425. The fraction of sp³-hybridized carbons (Fsp3) is 0.150. The van der Waals surface area contributed by atoms with Gasteiger partial charge in [-0.05, 0) is 42.5 Å². The van der Waals surface area contributed by atoms with E-state index in [0.717, 1.165) is 28.6 Å². The van der Waals surface area contributed by atoms with Crippen LogP contribution in [0.25, 0.3) is 0 Å². The highest BCUT2D eigenvalue weighted by Gasteiger charge is 2.35. The lowest BCUT2D eigenvalue weighted by atomic mass is 10.2. The van der Waals surface area contributed by atoms with Crippen LogP contribution in [0.3, 0.4) is 0 Å². The number of halogens is 1. The molecule has 33 heavy (non-hydrogen) atoms. The van der Waals surface area contributed by atoms with Crippen LogP contribution in [-0.4, -0.2) is 54.9 Å². The number of fused-ring (bicyclic) bond motifs is 1. The van der Waals surface area contributed by atoms with Gasteiger partial charge in [0.1, 0.15) is 17.7 Å². The zero-order chi connectivity index (χ0) is 23.6. The maximum Gasteiger partial charge on any atom is 0.409 e. The van der Waals surface area contributed by atoms with Gasteiger partial charge in [-0.15, -0.1) is 0 Å². The van der Waals surface area contributed by atoms with E-state index < -0.39 is 33.9 Å². The average molecular weight is 475 g/mol. The fourth-order valence-electron chi connectivity index (χ4n) is 3.26. The molecule has 3 aromatic rings. The van der Waals surface area contributed by atoms with Crippen molar-refractivity contribution in [2.45, 2.75) is 11.0 Å². The minimum Gasteiger partial charge on any atom is -0.484 e. The van der Waals surface area contributed by atoms with Gasteiger partial charge in [0.15, 0.2) is 0 Å². The van der Waals surface area contributed by atoms with Gasteiger partial charge in [0.05, 0.1) is 35.4 Å². The summed E-state index contributed by atoms with van der Waals surface area (Å²) in [7, 11) is -4.17. The summed E-state index contributed by atoms with van der Waals surface area (Å²) in [5.41, 5.74) is 0.533. The monoisotopic (exact) mass is 475 g/mol. The van der Waals surface area contributed by atoms with Gasteiger partial charge in [0.2, 0.25) is 0 Å². The maximum atomic E-state index is 13.4. The largest absolute Gasteiger partial charge is 0.484 e. The Morgan fingerprint density at radius 1 is 1.24 bits per heavy atom. The molecule has 0 aliphatic carbocycles. The first kappa shape index (κ1) is 22.1. The van der Waals surface area contributed by atoms with Gasteiger partial charge in [0.25, 0.3) is 15.9 Å². The van der Waals surface area contributed by atoms with Crippen LogP contribution in [0.2, 0.25) is 0 Å². The van der Waals surface area contributed by atoms with Crippen molar-refractivity contribution in [2.24, 2.45) is 0 Å². The van der Waals surface area contributed by atoms with Crippen molar-refractivity contribution >= 4 is 33.4 Å². The van der Waals surface area contributed by atoms with Crippen molar-refractivity contribution in [1.29, 1.82) is 0 Å². The molecular formula is C20H18FN5O6S. The Kier molecular flexibility index (Phi) is 5.87. The molecular weight excluding hydrogens is 457 g/mol. The van der Waals surface area contributed by atoms with Crippen molar-refractivity contribution < 1.29 is 32.2 Å². The Morgan fingerprint density at radius 3 is 2.67 bits per heavy atom. The van der Waals surface area contributed by atoms with E-state index in [1.165, 1.54) is 30.6 Å². The number of amides is 2. The minimum atomic E-state index is -4.17. The number of carbonyl (C=O) groups is 2. The number of aromatic amines is 1. The predicted molar refractivity (Wildman–Crippen MR) is 114 cm³/mol. The van der Waals surface area contributed by atoms with Crippen molar-refractivity contribution in [3.05, 3.63) is 66.2 Å². The van der Waals surface area contributed by atoms with E-state index in [0.29, 0.717) is 5.56 Å². The molecule has 1 aliphatic rings. The normalized spacial score (nSPS) is 15.3. The van der Waals surface area contributed by atoms with Crippen LogP contribution in [0.1, 0.15) is 10.4 Å². The summed E-state index contributed by atoms with van der Waals surface area (Å²) in [5.74, 6) is -0.846. The van der Waals surface area contributed by atoms with Crippen molar-refractivity contribution in [2.75, 3.05) is 22.7 Å². The first-order valence-corrected chi connectivity index (χ1v) is 11.0. The predicted octanol–water partition coefficient (Wildman–Crippen LogP) is 2.02. The van der Waals surface area contributed by atoms with Crippen LogP contribution < -0.4 is 19.7 Å². The number of aromatic nitrogens is 2. The molecule has 1 aromatic heterocycles. The lowest BCUT2D eigenvalue weighted by molar-refractivity contribution is 0.0928. The lowest BCUT2D eigenvalue weighted by Crippen LogP contribution is -2.48. The van der Waals surface area contributed by atoms with Gasteiger partial charge in [-0.25, -0.2) is 17.6 Å². The molecule has 0 spiro atoms. The average Bonchev–Trinajstić information content (AvgIpc) is 3.32. The second-order valence-corrected chi connectivity index (χ2v) is 8.90. The Hall–Kier alpha value is -4.13. The number of benzene rings is 2. The van der Waals surface area contributed by atoms with E-state index in [1.807, 2.05) is 0 Å². The van der Waals surface area contributed by atoms with Crippen LogP contribution in [0.15, 0.2) is 59.8 Å². The van der Waals surface area contributed by atoms with E-state index in [4.69, 9.17) is 9.84 Å². The van der Waals surface area contributed by atoms with Gasteiger partial charge in [-0.3, -0.25) is 19.5 Å². The standard InChI is InChI=1S/C20H18FN5O6S/c21-13-1-4-16(5-2-13)33(30,31)26-11-15(10-22-19(27)12-8-23-24-9-12)32-18-6-3-14(7-17(18)26)25-20(28)29/h1-9,15,25H,10-11H2,(H,22,27)(H,23,24)(H,28,29). The number of hydrogen-bond donors (Lipinski definition) is 4. The number of anilines is 2. The molecule has 2 heterocycles. The molecule has 1 unspecified atom stereocenters. The fourth-order valence-corrected chi connectivity index (χ4v) is 4.76. The first-order valence-electron chi connectivity index (χ1n) is 9.60. The number of hydrogen-bond acceptors (Lipinski definition) is 6. The maximum absolute atomic E-state index is 13.4. The minimum absolute atomic E-state index is 0.0198. The molecule has 0 radical (unpaired) electrons. The lowest BCUT2D eigenvalue weighted by Gasteiger charge is -2.35. The van der Waals surface area contributed by atoms with Gasteiger partial charge < -0.3 is 15.2 Å². The molecule has 2 amide bonds. The molecule has 0 saturated heterocycles. The summed E-state index contributed by atoms with van der Waals surface area (Å²) in [6, 6.07) is 8.49. The molecule has 1 aliphatic heterocycles. The van der Waals surface area contributed by atoms with Gasteiger partial charge in [0, 0.05) is 11.9 Å². The van der Waals surface area contributed by atoms with Crippen LogP contribution in [0.4, 0.5) is 20.6 Å². The summed E-state index contributed by atoms with van der Waals surface area (Å²) in [6.07, 6.45) is 0.671. The number of nitrogens with one attached hydrogen (secondary N) is 3. The molecule has 0 bridgehead atoms. The molecule has 0 fully saturated rings. The van der Waals surface area contributed by atoms with Crippen LogP contribution in [0.5, 0.6) is 5.75 Å². The summed E-state index contributed by atoms with van der Waals surface area (Å²) >= 11 is 0. The van der Waals surface area contributed by atoms with Crippen molar-refractivity contribution in [3.8, 4) is 5.75 Å². The third kappa shape index (κ3) is 4.72. The van der Waals surface area contributed by atoms with E-state index >= 15 is 0 Å². The molecule has 2 aromatic carbocycles. The Labute approximate surface area is 187 Å². The summed E-state index contributed by atoms with van der Waals surface area (Å²) < 4.78 is 47.0.